The van der Waals surface area contributed by atoms with Crippen LogP contribution in [-0.2, 0) is 10.0 Å². The van der Waals surface area contributed by atoms with Crippen molar-refractivity contribution in [3.8, 4) is 0 Å². The van der Waals surface area contributed by atoms with Crippen LogP contribution in [0.25, 0.3) is 11.0 Å². The summed E-state index contributed by atoms with van der Waals surface area (Å²) in [7, 11) is -2.69. The summed E-state index contributed by atoms with van der Waals surface area (Å²) in [6, 6.07) is 4.52. The van der Waals surface area contributed by atoms with Crippen LogP contribution in [0.4, 0.5) is 24.7 Å². The van der Waals surface area contributed by atoms with Crippen molar-refractivity contribution in [2.24, 2.45) is 0 Å². The fourth-order valence-electron chi connectivity index (χ4n) is 3.85. The molecule has 1 aliphatic carbocycles. The van der Waals surface area contributed by atoms with E-state index < -0.39 is 49.4 Å². The molecule has 2 N–H and O–H groups in total. The van der Waals surface area contributed by atoms with Gasteiger partial charge in [-0.2, -0.15) is 0 Å². The zero-order chi connectivity index (χ0) is 25.8. The van der Waals surface area contributed by atoms with Crippen LogP contribution in [0.2, 0.25) is 5.02 Å². The van der Waals surface area contributed by atoms with Gasteiger partial charge in [0.05, 0.1) is 32.1 Å². The lowest BCUT2D eigenvalue weighted by Gasteiger charge is -2.18. The highest BCUT2D eigenvalue weighted by molar-refractivity contribution is 7.92. The van der Waals surface area contributed by atoms with Gasteiger partial charge in [0.2, 0.25) is 5.78 Å². The molecule has 0 saturated heterocycles. The van der Waals surface area contributed by atoms with Crippen LogP contribution in [-0.4, -0.2) is 42.2 Å². The number of sulfonamides is 1. The minimum atomic E-state index is -4.49. The molecule has 0 radical (unpaired) electrons. The zero-order valence-corrected chi connectivity index (χ0v) is 20.1. The highest BCUT2D eigenvalue weighted by atomic mass is 35.5. The molecule has 5 rings (SSSR count). The third kappa shape index (κ3) is 4.16. The molecule has 1 aliphatic rings. The van der Waals surface area contributed by atoms with Gasteiger partial charge >= 0.3 is 0 Å². The first-order valence-corrected chi connectivity index (χ1v) is 12.5. The molecular weight excluding hydrogens is 519 g/mol. The third-order valence-electron chi connectivity index (χ3n) is 5.89. The number of aromatic amines is 1. The first-order chi connectivity index (χ1) is 17.1. The lowest BCUT2D eigenvalue weighted by Crippen LogP contribution is -2.21. The minimum Gasteiger partial charge on any atom is -0.356 e. The highest BCUT2D eigenvalue weighted by Gasteiger charge is 2.32. The molecule has 2 aromatic carbocycles. The lowest BCUT2D eigenvalue weighted by atomic mass is 10.0. The number of anilines is 2. The number of hydrogen-bond acceptors (Lipinski definition) is 6. The van der Waals surface area contributed by atoms with Gasteiger partial charge < -0.3 is 9.88 Å². The van der Waals surface area contributed by atoms with Crippen molar-refractivity contribution in [1.82, 2.24) is 15.0 Å². The number of H-pyrrole nitrogens is 1. The number of halogens is 4. The molecule has 186 valence electrons. The van der Waals surface area contributed by atoms with Crippen molar-refractivity contribution in [2.45, 2.75) is 23.8 Å². The van der Waals surface area contributed by atoms with Crippen LogP contribution < -0.4 is 9.62 Å². The second-order valence-electron chi connectivity index (χ2n) is 8.26. The van der Waals surface area contributed by atoms with Gasteiger partial charge in [0.1, 0.15) is 29.4 Å². The second-order valence-corrected chi connectivity index (χ2v) is 10.3. The van der Waals surface area contributed by atoms with E-state index in [1.54, 1.807) is 7.05 Å². The maximum Gasteiger partial charge on any atom is 0.262 e. The maximum atomic E-state index is 15.4. The first kappa shape index (κ1) is 24.1. The number of carbonyl (C=O) groups excluding carboxylic acids is 1. The molecule has 13 heteroatoms. The Hall–Kier alpha value is -3.64. The lowest BCUT2D eigenvalue weighted by molar-refractivity contribution is 0.103. The largest absolute Gasteiger partial charge is 0.356 e. The first-order valence-electron chi connectivity index (χ1n) is 10.6. The van der Waals surface area contributed by atoms with Crippen molar-refractivity contribution in [1.29, 1.82) is 0 Å². The molecule has 1 fully saturated rings. The predicted molar refractivity (Wildman–Crippen MR) is 127 cm³/mol. The van der Waals surface area contributed by atoms with Crippen molar-refractivity contribution in [2.75, 3.05) is 16.7 Å². The molecule has 36 heavy (non-hydrogen) atoms. The van der Waals surface area contributed by atoms with E-state index in [-0.39, 0.29) is 16.6 Å². The number of ketones is 1. The normalized spacial score (nSPS) is 13.7. The molecule has 0 spiro atoms. The van der Waals surface area contributed by atoms with Gasteiger partial charge in [-0.1, -0.05) is 11.6 Å². The maximum absolute atomic E-state index is 15.4. The number of carbonyl (C=O) groups is 1. The van der Waals surface area contributed by atoms with Gasteiger partial charge in [0.25, 0.3) is 10.0 Å². The number of nitrogens with zero attached hydrogens (tertiary/aromatic N) is 3. The molecule has 0 amide bonds. The highest BCUT2D eigenvalue weighted by Crippen LogP contribution is 2.35. The van der Waals surface area contributed by atoms with E-state index in [0.29, 0.717) is 22.9 Å². The molecule has 2 heterocycles. The van der Waals surface area contributed by atoms with Crippen LogP contribution >= 0.6 is 11.6 Å². The topological polar surface area (TPSA) is 108 Å². The molecule has 8 nitrogen and oxygen atoms in total. The fraction of sp³-hybridized carbons (Fsp3) is 0.174. The van der Waals surface area contributed by atoms with Crippen LogP contribution in [0, 0.1) is 17.5 Å². The summed E-state index contributed by atoms with van der Waals surface area (Å²) in [5.74, 6) is -4.23. The van der Waals surface area contributed by atoms with Crippen LogP contribution in [0.15, 0.2) is 47.8 Å². The molecule has 0 unspecified atom stereocenters. The van der Waals surface area contributed by atoms with E-state index in [9.17, 15) is 22.0 Å². The Morgan fingerprint density at radius 1 is 1.14 bits per heavy atom. The van der Waals surface area contributed by atoms with Gasteiger partial charge in [0.15, 0.2) is 5.82 Å². The summed E-state index contributed by atoms with van der Waals surface area (Å²) in [5.41, 5.74) is -1.44. The van der Waals surface area contributed by atoms with E-state index in [0.717, 1.165) is 37.1 Å². The third-order valence-corrected chi connectivity index (χ3v) is 7.56. The Morgan fingerprint density at radius 3 is 2.58 bits per heavy atom. The van der Waals surface area contributed by atoms with E-state index in [1.165, 1.54) is 12.5 Å². The molecule has 0 atom stereocenters. The Morgan fingerprint density at radius 2 is 1.89 bits per heavy atom. The minimum absolute atomic E-state index is 0.0781. The number of aromatic nitrogens is 3. The Kier molecular flexibility index (Phi) is 5.87. The van der Waals surface area contributed by atoms with E-state index >= 15 is 4.39 Å². The summed E-state index contributed by atoms with van der Waals surface area (Å²) in [6.07, 6.45) is 4.48. The zero-order valence-electron chi connectivity index (χ0n) is 18.5. The SMILES string of the molecule is CN(c1ncnc2[nH]cc(C(=O)c3c(F)ccc(NS(=O)(=O)c4ccc(Cl)c(F)c4)c3F)c12)C1CC1. The summed E-state index contributed by atoms with van der Waals surface area (Å²) in [4.78, 5) is 25.9. The summed E-state index contributed by atoms with van der Waals surface area (Å²) < 4.78 is 71.3. The van der Waals surface area contributed by atoms with E-state index in [1.807, 2.05) is 9.62 Å². The quantitative estimate of drug-likeness (QED) is 0.333. The summed E-state index contributed by atoms with van der Waals surface area (Å²) in [5, 5.41) is -0.0115. The Labute approximate surface area is 208 Å². The van der Waals surface area contributed by atoms with Gasteiger partial charge in [-0.25, -0.2) is 31.6 Å². The number of fused-ring (bicyclic) bond motifs is 1. The van der Waals surface area contributed by atoms with Crippen LogP contribution in [0.1, 0.15) is 28.8 Å². The van der Waals surface area contributed by atoms with E-state index in [4.69, 9.17) is 11.6 Å². The fourth-order valence-corrected chi connectivity index (χ4v) is 5.04. The van der Waals surface area contributed by atoms with Crippen molar-refractivity contribution in [3.05, 3.63) is 76.5 Å². The van der Waals surface area contributed by atoms with Gasteiger partial charge in [-0.05, 0) is 43.2 Å². The van der Waals surface area contributed by atoms with E-state index in [2.05, 4.69) is 15.0 Å². The van der Waals surface area contributed by atoms with Gasteiger partial charge in [-0.3, -0.25) is 9.52 Å². The average Bonchev–Trinajstić information content (AvgIpc) is 3.60. The smallest absolute Gasteiger partial charge is 0.262 e. The second kappa shape index (κ2) is 8.79. The molecule has 0 bridgehead atoms. The number of hydrogen-bond donors (Lipinski definition) is 2. The standard InChI is InChI=1S/C23H17ClF3N5O3S/c1-32(11-2-3-11)23-18-13(9-28-22(18)29-10-30-23)21(33)19-15(25)6-7-17(20(19)27)31-36(34,35)12-4-5-14(24)16(26)8-12/h4-11,31H,2-3H2,1H3,(H,28,29,30). The number of benzene rings is 2. The molecule has 4 aromatic rings. The Balaban J connectivity index is 1.56. The summed E-state index contributed by atoms with van der Waals surface area (Å²) in [6.45, 7) is 0. The van der Waals surface area contributed by atoms with Crippen molar-refractivity contribution >= 4 is 49.9 Å². The van der Waals surface area contributed by atoms with Gasteiger partial charge in [-0.15, -0.1) is 0 Å². The predicted octanol–water partition coefficient (Wildman–Crippen LogP) is 4.66. The molecule has 0 aliphatic heterocycles. The summed E-state index contributed by atoms with van der Waals surface area (Å²) >= 11 is 5.59. The average molecular weight is 536 g/mol. The van der Waals surface area contributed by atoms with Crippen LogP contribution in [0.5, 0.6) is 0 Å². The molecule has 2 aromatic heterocycles. The van der Waals surface area contributed by atoms with Crippen molar-refractivity contribution < 1.29 is 26.4 Å². The molecular formula is C23H17ClF3N5O3S. The Bertz CT molecular complexity index is 1640. The van der Waals surface area contributed by atoms with Crippen LogP contribution in [0.3, 0.4) is 0 Å². The number of rotatable bonds is 7. The monoisotopic (exact) mass is 535 g/mol. The van der Waals surface area contributed by atoms with Gasteiger partial charge in [0, 0.05) is 19.3 Å². The van der Waals surface area contributed by atoms with Crippen molar-refractivity contribution in [3.63, 3.8) is 0 Å². The molecule has 1 saturated carbocycles. The number of nitrogens with one attached hydrogen (secondary N) is 2.